The van der Waals surface area contributed by atoms with Gasteiger partial charge in [-0.25, -0.2) is 0 Å². The minimum atomic E-state index is 0.131. The van der Waals surface area contributed by atoms with Crippen LogP contribution < -0.4 is 11.5 Å². The van der Waals surface area contributed by atoms with Crippen molar-refractivity contribution in [2.75, 3.05) is 13.1 Å². The summed E-state index contributed by atoms with van der Waals surface area (Å²) < 4.78 is 0. The van der Waals surface area contributed by atoms with Crippen molar-refractivity contribution >= 4 is 0 Å². The van der Waals surface area contributed by atoms with Crippen LogP contribution in [0, 0.1) is 10.8 Å². The molecule has 0 aliphatic carbocycles. The van der Waals surface area contributed by atoms with Crippen LogP contribution in [0.5, 0.6) is 0 Å². The van der Waals surface area contributed by atoms with E-state index < -0.39 is 0 Å². The second kappa shape index (κ2) is 7.50. The Morgan fingerprint density at radius 2 is 1.04 bits per heavy atom. The van der Waals surface area contributed by atoms with Crippen LogP contribution in [0.1, 0.15) is 38.8 Å². The molecule has 24 heavy (non-hydrogen) atoms. The third-order valence-corrected chi connectivity index (χ3v) is 4.66. The van der Waals surface area contributed by atoms with E-state index >= 15 is 0 Å². The van der Waals surface area contributed by atoms with Crippen LogP contribution in [-0.4, -0.2) is 13.1 Å². The highest BCUT2D eigenvalue weighted by Crippen LogP contribution is 2.27. The molecule has 0 atom stereocenters. The summed E-state index contributed by atoms with van der Waals surface area (Å²) >= 11 is 0. The van der Waals surface area contributed by atoms with Gasteiger partial charge in [-0.3, -0.25) is 0 Å². The number of hydrogen-bond donors (Lipinski definition) is 2. The monoisotopic (exact) mass is 324 g/mol. The fourth-order valence-electron chi connectivity index (χ4n) is 2.97. The van der Waals surface area contributed by atoms with Crippen LogP contribution >= 0.6 is 0 Å². The zero-order valence-electron chi connectivity index (χ0n) is 15.6. The molecule has 0 amide bonds. The van der Waals surface area contributed by atoms with Gasteiger partial charge in [-0.2, -0.15) is 0 Å². The lowest BCUT2D eigenvalue weighted by molar-refractivity contribution is 0.376. The SMILES string of the molecule is CC(C)(CN)Cc1cccc(-c2cccc(CC(C)(C)CN)c2)c1. The van der Waals surface area contributed by atoms with Crippen molar-refractivity contribution in [3.05, 3.63) is 59.7 Å². The molecule has 2 aromatic rings. The van der Waals surface area contributed by atoms with Gasteiger partial charge in [0.15, 0.2) is 0 Å². The maximum Gasteiger partial charge on any atom is -0.00226 e. The number of rotatable bonds is 7. The van der Waals surface area contributed by atoms with E-state index in [9.17, 15) is 0 Å². The molecule has 2 nitrogen and oxygen atoms in total. The van der Waals surface area contributed by atoms with Crippen LogP contribution in [0.3, 0.4) is 0 Å². The first kappa shape index (κ1) is 18.7. The molecule has 0 spiro atoms. The number of nitrogens with two attached hydrogens (primary N) is 2. The molecule has 4 N–H and O–H groups in total. The van der Waals surface area contributed by atoms with Crippen LogP contribution in [0.2, 0.25) is 0 Å². The van der Waals surface area contributed by atoms with Crippen LogP contribution in [0.4, 0.5) is 0 Å². The second-order valence-corrected chi connectivity index (χ2v) is 8.49. The highest BCUT2D eigenvalue weighted by atomic mass is 14.6. The predicted octanol–water partition coefficient (Wildman–Crippen LogP) is 4.41. The lowest BCUT2D eigenvalue weighted by Crippen LogP contribution is -2.26. The molecule has 2 heteroatoms. The zero-order chi connectivity index (χ0) is 17.8. The van der Waals surface area contributed by atoms with Crippen LogP contribution in [0.15, 0.2) is 48.5 Å². The molecule has 130 valence electrons. The Morgan fingerprint density at radius 3 is 1.38 bits per heavy atom. The van der Waals surface area contributed by atoms with Crippen LogP contribution in [-0.2, 0) is 12.8 Å². The molecule has 0 bridgehead atoms. The van der Waals surface area contributed by atoms with E-state index in [-0.39, 0.29) is 10.8 Å². The molecule has 0 unspecified atom stereocenters. The van der Waals surface area contributed by atoms with Crippen LogP contribution in [0.25, 0.3) is 11.1 Å². The van der Waals surface area contributed by atoms with Gasteiger partial charge in [-0.05, 0) is 59.0 Å². The zero-order valence-corrected chi connectivity index (χ0v) is 15.6. The van der Waals surface area contributed by atoms with Crippen molar-refractivity contribution in [3.8, 4) is 11.1 Å². The topological polar surface area (TPSA) is 52.0 Å². The van der Waals surface area contributed by atoms with Gasteiger partial charge in [0, 0.05) is 0 Å². The summed E-state index contributed by atoms with van der Waals surface area (Å²) in [5, 5.41) is 0. The molecule has 0 saturated heterocycles. The van der Waals surface area contributed by atoms with E-state index in [1.165, 1.54) is 22.3 Å². The van der Waals surface area contributed by atoms with Gasteiger partial charge < -0.3 is 11.5 Å². The lowest BCUT2D eigenvalue weighted by atomic mass is 9.84. The van der Waals surface area contributed by atoms with Crippen molar-refractivity contribution < 1.29 is 0 Å². The van der Waals surface area contributed by atoms with E-state index in [1.807, 2.05) is 0 Å². The highest BCUT2D eigenvalue weighted by Gasteiger charge is 2.17. The first-order valence-electron chi connectivity index (χ1n) is 8.83. The summed E-state index contributed by atoms with van der Waals surface area (Å²) in [6.45, 7) is 10.3. The van der Waals surface area contributed by atoms with E-state index in [0.29, 0.717) is 13.1 Å². The Hall–Kier alpha value is -1.64. The smallest absolute Gasteiger partial charge is 0.00226 e. The molecular formula is C22H32N2. The molecular weight excluding hydrogens is 292 g/mol. The molecule has 0 aliphatic heterocycles. The number of hydrogen-bond acceptors (Lipinski definition) is 2. The standard InChI is InChI=1S/C22H32N2/c1-21(2,15-23)13-17-7-5-9-19(11-17)20-10-6-8-18(12-20)14-22(3,4)16-24/h5-12H,13-16,23-24H2,1-4H3. The average Bonchev–Trinajstić information content (AvgIpc) is 2.54. The van der Waals surface area contributed by atoms with Crippen molar-refractivity contribution in [1.82, 2.24) is 0 Å². The summed E-state index contributed by atoms with van der Waals surface area (Å²) in [7, 11) is 0. The summed E-state index contributed by atoms with van der Waals surface area (Å²) in [5.41, 5.74) is 17.3. The second-order valence-electron chi connectivity index (χ2n) is 8.49. The third-order valence-electron chi connectivity index (χ3n) is 4.66. The Labute approximate surface area is 147 Å². The first-order valence-corrected chi connectivity index (χ1v) is 8.83. The van der Waals surface area contributed by atoms with E-state index in [4.69, 9.17) is 11.5 Å². The summed E-state index contributed by atoms with van der Waals surface area (Å²) in [4.78, 5) is 0. The molecule has 0 saturated carbocycles. The van der Waals surface area contributed by atoms with Gasteiger partial charge in [0.05, 0.1) is 0 Å². The Balaban J connectivity index is 2.26. The molecule has 0 heterocycles. The van der Waals surface area contributed by atoms with Crippen molar-refractivity contribution in [1.29, 1.82) is 0 Å². The number of benzene rings is 2. The Bertz CT molecular complexity index is 612. The molecule has 0 radical (unpaired) electrons. The fraction of sp³-hybridized carbons (Fsp3) is 0.455. The van der Waals surface area contributed by atoms with Crippen molar-refractivity contribution in [2.45, 2.75) is 40.5 Å². The fourth-order valence-corrected chi connectivity index (χ4v) is 2.97. The normalized spacial score (nSPS) is 12.4. The molecule has 0 aliphatic rings. The first-order chi connectivity index (χ1) is 11.2. The Kier molecular flexibility index (Phi) is 5.84. The lowest BCUT2D eigenvalue weighted by Gasteiger charge is -2.23. The maximum absolute atomic E-state index is 5.88. The molecule has 0 aromatic heterocycles. The van der Waals surface area contributed by atoms with Crippen molar-refractivity contribution in [2.24, 2.45) is 22.3 Å². The minimum Gasteiger partial charge on any atom is -0.330 e. The highest BCUT2D eigenvalue weighted by molar-refractivity contribution is 5.65. The van der Waals surface area contributed by atoms with Gasteiger partial charge in [-0.1, -0.05) is 76.2 Å². The quantitative estimate of drug-likeness (QED) is 0.792. The Morgan fingerprint density at radius 1 is 0.667 bits per heavy atom. The van der Waals surface area contributed by atoms with Gasteiger partial charge in [-0.15, -0.1) is 0 Å². The third kappa shape index (κ3) is 5.19. The van der Waals surface area contributed by atoms with Gasteiger partial charge in [0.2, 0.25) is 0 Å². The van der Waals surface area contributed by atoms with E-state index in [1.54, 1.807) is 0 Å². The summed E-state index contributed by atoms with van der Waals surface area (Å²) in [5.74, 6) is 0. The van der Waals surface area contributed by atoms with E-state index in [2.05, 4.69) is 76.2 Å². The molecule has 0 fully saturated rings. The van der Waals surface area contributed by atoms with Gasteiger partial charge >= 0.3 is 0 Å². The summed E-state index contributed by atoms with van der Waals surface area (Å²) in [6.07, 6.45) is 1.99. The maximum atomic E-state index is 5.88. The molecule has 2 rings (SSSR count). The van der Waals surface area contributed by atoms with E-state index in [0.717, 1.165) is 12.8 Å². The largest absolute Gasteiger partial charge is 0.330 e. The van der Waals surface area contributed by atoms with Crippen molar-refractivity contribution in [3.63, 3.8) is 0 Å². The van der Waals surface area contributed by atoms with Gasteiger partial charge in [0.1, 0.15) is 0 Å². The minimum absolute atomic E-state index is 0.131. The summed E-state index contributed by atoms with van der Waals surface area (Å²) in [6, 6.07) is 17.7. The van der Waals surface area contributed by atoms with Gasteiger partial charge in [0.25, 0.3) is 0 Å². The molecule has 2 aromatic carbocycles. The average molecular weight is 325 g/mol. The predicted molar refractivity (Wildman–Crippen MR) is 105 cm³/mol.